The maximum Gasteiger partial charge on any atom is 0.169 e. The van der Waals surface area contributed by atoms with E-state index in [0.717, 1.165) is 16.7 Å². The average molecular weight is 274 g/mol. The SMILES string of the molecule is COc1cc(CO)ccc1Oc1ccc(CO)cc1C. The molecule has 0 aromatic heterocycles. The summed E-state index contributed by atoms with van der Waals surface area (Å²) in [4.78, 5) is 0. The Morgan fingerprint density at radius 2 is 1.45 bits per heavy atom. The largest absolute Gasteiger partial charge is 0.493 e. The highest BCUT2D eigenvalue weighted by Crippen LogP contribution is 2.34. The Hall–Kier alpha value is -2.04. The average Bonchev–Trinajstić information content (AvgIpc) is 2.49. The van der Waals surface area contributed by atoms with E-state index < -0.39 is 0 Å². The predicted octanol–water partition coefficient (Wildman–Crippen LogP) is 2.78. The van der Waals surface area contributed by atoms with E-state index in [0.29, 0.717) is 17.2 Å². The van der Waals surface area contributed by atoms with Gasteiger partial charge in [-0.1, -0.05) is 18.2 Å². The first kappa shape index (κ1) is 14.4. The fourth-order valence-electron chi connectivity index (χ4n) is 1.94. The van der Waals surface area contributed by atoms with Crippen LogP contribution in [-0.2, 0) is 13.2 Å². The lowest BCUT2D eigenvalue weighted by molar-refractivity contribution is 0.280. The van der Waals surface area contributed by atoms with E-state index in [1.165, 1.54) is 0 Å². The van der Waals surface area contributed by atoms with Crippen molar-refractivity contribution in [2.24, 2.45) is 0 Å². The molecule has 0 saturated heterocycles. The third-order valence-electron chi connectivity index (χ3n) is 3.05. The zero-order chi connectivity index (χ0) is 14.5. The fraction of sp³-hybridized carbons (Fsp3) is 0.250. The van der Waals surface area contributed by atoms with Crippen LogP contribution in [0.2, 0.25) is 0 Å². The summed E-state index contributed by atoms with van der Waals surface area (Å²) in [6.07, 6.45) is 0. The molecule has 20 heavy (non-hydrogen) atoms. The van der Waals surface area contributed by atoms with Gasteiger partial charge in [-0.25, -0.2) is 0 Å². The summed E-state index contributed by atoms with van der Waals surface area (Å²) >= 11 is 0. The van der Waals surface area contributed by atoms with Crippen LogP contribution in [0.3, 0.4) is 0 Å². The van der Waals surface area contributed by atoms with Gasteiger partial charge in [0, 0.05) is 0 Å². The molecule has 0 aliphatic heterocycles. The molecule has 106 valence electrons. The van der Waals surface area contributed by atoms with Crippen LogP contribution >= 0.6 is 0 Å². The molecule has 0 bridgehead atoms. The molecule has 2 aromatic carbocycles. The number of ether oxygens (including phenoxy) is 2. The van der Waals surface area contributed by atoms with E-state index in [1.807, 2.05) is 25.1 Å². The molecule has 0 atom stereocenters. The van der Waals surface area contributed by atoms with Gasteiger partial charge in [-0.3, -0.25) is 0 Å². The number of benzene rings is 2. The van der Waals surface area contributed by atoms with E-state index in [4.69, 9.17) is 19.7 Å². The molecule has 2 N–H and O–H groups in total. The molecular weight excluding hydrogens is 256 g/mol. The molecule has 4 nitrogen and oxygen atoms in total. The second kappa shape index (κ2) is 6.41. The van der Waals surface area contributed by atoms with Crippen LogP contribution in [0.25, 0.3) is 0 Å². The normalized spacial score (nSPS) is 10.4. The summed E-state index contributed by atoms with van der Waals surface area (Å²) in [5.74, 6) is 1.86. The number of rotatable bonds is 5. The Bertz CT molecular complexity index is 593. The second-order valence-electron chi connectivity index (χ2n) is 4.50. The summed E-state index contributed by atoms with van der Waals surface area (Å²) < 4.78 is 11.1. The van der Waals surface area contributed by atoms with Crippen molar-refractivity contribution in [3.63, 3.8) is 0 Å². The van der Waals surface area contributed by atoms with Gasteiger partial charge < -0.3 is 19.7 Å². The Labute approximate surface area is 118 Å². The lowest BCUT2D eigenvalue weighted by Gasteiger charge is -2.13. The minimum absolute atomic E-state index is 0.00956. The van der Waals surface area contributed by atoms with E-state index in [-0.39, 0.29) is 13.2 Å². The molecular formula is C16H18O4. The Morgan fingerprint density at radius 1 is 0.850 bits per heavy atom. The minimum Gasteiger partial charge on any atom is -0.493 e. The number of aliphatic hydroxyl groups is 2. The molecule has 0 amide bonds. The lowest BCUT2D eigenvalue weighted by atomic mass is 10.1. The van der Waals surface area contributed by atoms with Gasteiger partial charge in [-0.2, -0.15) is 0 Å². The smallest absolute Gasteiger partial charge is 0.169 e. The van der Waals surface area contributed by atoms with Crippen LogP contribution in [0, 0.1) is 6.92 Å². The van der Waals surface area contributed by atoms with Crippen LogP contribution in [0.15, 0.2) is 36.4 Å². The number of methoxy groups -OCH3 is 1. The number of aliphatic hydroxyl groups excluding tert-OH is 2. The summed E-state index contributed by atoms with van der Waals surface area (Å²) in [5.41, 5.74) is 2.55. The maximum atomic E-state index is 9.12. The molecule has 0 aliphatic rings. The van der Waals surface area contributed by atoms with Crippen LogP contribution in [0.1, 0.15) is 16.7 Å². The van der Waals surface area contributed by atoms with Gasteiger partial charge in [-0.05, 0) is 41.8 Å². The zero-order valence-corrected chi connectivity index (χ0v) is 11.6. The van der Waals surface area contributed by atoms with Gasteiger partial charge in [0.05, 0.1) is 20.3 Å². The summed E-state index contributed by atoms with van der Waals surface area (Å²) in [7, 11) is 1.56. The van der Waals surface area contributed by atoms with Gasteiger partial charge in [0.25, 0.3) is 0 Å². The van der Waals surface area contributed by atoms with Gasteiger partial charge >= 0.3 is 0 Å². The molecule has 4 heteroatoms. The van der Waals surface area contributed by atoms with Gasteiger partial charge in [0.2, 0.25) is 0 Å². The predicted molar refractivity (Wildman–Crippen MR) is 76.1 cm³/mol. The molecule has 0 heterocycles. The molecule has 0 aliphatic carbocycles. The topological polar surface area (TPSA) is 58.9 Å². The number of hydrogen-bond acceptors (Lipinski definition) is 4. The van der Waals surface area contributed by atoms with Crippen molar-refractivity contribution < 1.29 is 19.7 Å². The standard InChI is InChI=1S/C16H18O4/c1-11-7-12(9-17)3-5-14(11)20-15-6-4-13(10-18)8-16(15)19-2/h3-8,17-18H,9-10H2,1-2H3. The maximum absolute atomic E-state index is 9.12. The molecule has 0 fully saturated rings. The van der Waals surface area contributed by atoms with Crippen molar-refractivity contribution in [2.75, 3.05) is 7.11 Å². The van der Waals surface area contributed by atoms with Crippen molar-refractivity contribution in [2.45, 2.75) is 20.1 Å². The fourth-order valence-corrected chi connectivity index (χ4v) is 1.94. The first-order chi connectivity index (χ1) is 9.67. The summed E-state index contributed by atoms with van der Waals surface area (Å²) in [6.45, 7) is 1.89. The first-order valence-corrected chi connectivity index (χ1v) is 6.34. The van der Waals surface area contributed by atoms with Crippen molar-refractivity contribution in [3.05, 3.63) is 53.1 Å². The summed E-state index contributed by atoms with van der Waals surface area (Å²) in [5, 5.41) is 18.2. The second-order valence-corrected chi connectivity index (χ2v) is 4.50. The quantitative estimate of drug-likeness (QED) is 0.880. The van der Waals surface area contributed by atoms with Crippen LogP contribution in [0.5, 0.6) is 17.2 Å². The van der Waals surface area contributed by atoms with Gasteiger partial charge in [-0.15, -0.1) is 0 Å². The van der Waals surface area contributed by atoms with E-state index in [2.05, 4.69) is 0 Å². The molecule has 0 spiro atoms. The van der Waals surface area contributed by atoms with Crippen molar-refractivity contribution in [1.29, 1.82) is 0 Å². The molecule has 2 aromatic rings. The highest BCUT2D eigenvalue weighted by Gasteiger charge is 2.09. The van der Waals surface area contributed by atoms with Crippen molar-refractivity contribution in [3.8, 4) is 17.2 Å². The van der Waals surface area contributed by atoms with Crippen LogP contribution in [-0.4, -0.2) is 17.3 Å². The van der Waals surface area contributed by atoms with Crippen molar-refractivity contribution >= 4 is 0 Å². The third kappa shape index (κ3) is 3.10. The van der Waals surface area contributed by atoms with Crippen LogP contribution in [0.4, 0.5) is 0 Å². The molecule has 2 rings (SSSR count). The molecule has 0 saturated carbocycles. The van der Waals surface area contributed by atoms with E-state index in [1.54, 1.807) is 25.3 Å². The monoisotopic (exact) mass is 274 g/mol. The Balaban J connectivity index is 2.29. The highest BCUT2D eigenvalue weighted by molar-refractivity contribution is 5.47. The third-order valence-corrected chi connectivity index (χ3v) is 3.05. The highest BCUT2D eigenvalue weighted by atomic mass is 16.5. The van der Waals surface area contributed by atoms with Crippen molar-refractivity contribution in [1.82, 2.24) is 0 Å². The lowest BCUT2D eigenvalue weighted by Crippen LogP contribution is -1.94. The number of hydrogen-bond donors (Lipinski definition) is 2. The minimum atomic E-state index is -0.0408. The molecule has 0 radical (unpaired) electrons. The van der Waals surface area contributed by atoms with E-state index >= 15 is 0 Å². The molecule has 0 unspecified atom stereocenters. The van der Waals surface area contributed by atoms with Gasteiger partial charge in [0.15, 0.2) is 11.5 Å². The summed E-state index contributed by atoms with van der Waals surface area (Å²) in [6, 6.07) is 10.8. The first-order valence-electron chi connectivity index (χ1n) is 6.34. The van der Waals surface area contributed by atoms with Crippen LogP contribution < -0.4 is 9.47 Å². The van der Waals surface area contributed by atoms with E-state index in [9.17, 15) is 0 Å². The number of aryl methyl sites for hydroxylation is 1. The van der Waals surface area contributed by atoms with Gasteiger partial charge in [0.1, 0.15) is 5.75 Å². The Morgan fingerprint density at radius 3 is 2.00 bits per heavy atom. The zero-order valence-electron chi connectivity index (χ0n) is 11.6. The Kier molecular flexibility index (Phi) is 4.61.